The number of carboxylic acid groups (broad SMARTS) is 1. The zero-order valence-electron chi connectivity index (χ0n) is 16.2. The Morgan fingerprint density at radius 3 is 1.75 bits per heavy atom. The van der Waals surface area contributed by atoms with Gasteiger partial charge in [0.25, 0.3) is 0 Å². The van der Waals surface area contributed by atoms with E-state index in [4.69, 9.17) is 5.11 Å². The molecule has 0 heterocycles. The largest absolute Gasteiger partial charge is 1.00 e. The SMILES string of the molecule is CCCCCCCCCCCCN[C@@H](C)C(=O)O.[H-].[H-].[Na+].[Na+]. The minimum Gasteiger partial charge on any atom is -1.00 e. The van der Waals surface area contributed by atoms with Crippen LogP contribution in [0, 0.1) is 0 Å². The van der Waals surface area contributed by atoms with Crippen LogP contribution >= 0.6 is 0 Å². The molecule has 0 rings (SSSR count). The Balaban J connectivity index is -0.000000241. The summed E-state index contributed by atoms with van der Waals surface area (Å²) < 4.78 is 0. The Labute approximate surface area is 172 Å². The van der Waals surface area contributed by atoms with Crippen LogP contribution in [0.2, 0.25) is 0 Å². The first-order chi connectivity index (χ1) is 8.68. The van der Waals surface area contributed by atoms with Crippen molar-refractivity contribution in [1.82, 2.24) is 5.32 Å². The Kier molecular flexibility index (Phi) is 26.9. The van der Waals surface area contributed by atoms with Gasteiger partial charge in [0.2, 0.25) is 0 Å². The van der Waals surface area contributed by atoms with Gasteiger partial charge in [-0.3, -0.25) is 4.79 Å². The van der Waals surface area contributed by atoms with Crippen molar-refractivity contribution in [3.8, 4) is 0 Å². The molecule has 0 aliphatic carbocycles. The summed E-state index contributed by atoms with van der Waals surface area (Å²) in [6.07, 6.45) is 13.2. The molecule has 0 aliphatic rings. The van der Waals surface area contributed by atoms with E-state index in [1.807, 2.05) is 0 Å². The number of hydrogen-bond acceptors (Lipinski definition) is 2. The third-order valence-electron chi connectivity index (χ3n) is 3.35. The van der Waals surface area contributed by atoms with E-state index in [-0.39, 0.29) is 62.0 Å². The molecule has 0 saturated carbocycles. The zero-order chi connectivity index (χ0) is 13.6. The topological polar surface area (TPSA) is 49.3 Å². The Bertz CT molecular complexity index is 214. The molecule has 0 aromatic heterocycles. The minimum atomic E-state index is -0.762. The van der Waals surface area contributed by atoms with Gasteiger partial charge in [0.15, 0.2) is 0 Å². The van der Waals surface area contributed by atoms with E-state index < -0.39 is 12.0 Å². The van der Waals surface area contributed by atoms with Crippen molar-refractivity contribution in [2.24, 2.45) is 0 Å². The van der Waals surface area contributed by atoms with Crippen LogP contribution in [0.3, 0.4) is 0 Å². The third-order valence-corrected chi connectivity index (χ3v) is 3.35. The molecule has 1 atom stereocenters. The van der Waals surface area contributed by atoms with Crippen molar-refractivity contribution in [3.63, 3.8) is 0 Å². The van der Waals surface area contributed by atoms with Crippen LogP contribution in [0.1, 0.15) is 80.9 Å². The van der Waals surface area contributed by atoms with E-state index in [1.54, 1.807) is 6.92 Å². The first kappa shape index (κ1) is 26.3. The van der Waals surface area contributed by atoms with Crippen molar-refractivity contribution < 1.29 is 71.9 Å². The minimum absolute atomic E-state index is 0. The molecule has 0 bridgehead atoms. The number of carboxylic acids is 1. The Morgan fingerprint density at radius 1 is 0.950 bits per heavy atom. The fourth-order valence-corrected chi connectivity index (χ4v) is 2.02. The van der Waals surface area contributed by atoms with Crippen molar-refractivity contribution in [2.75, 3.05) is 6.54 Å². The van der Waals surface area contributed by atoms with E-state index in [1.165, 1.54) is 57.8 Å². The predicted octanol–water partition coefficient (Wildman–Crippen LogP) is -1.80. The number of rotatable bonds is 13. The van der Waals surface area contributed by atoms with Crippen molar-refractivity contribution in [2.45, 2.75) is 84.1 Å². The molecule has 112 valence electrons. The Hall–Kier alpha value is 1.43. The van der Waals surface area contributed by atoms with Gasteiger partial charge in [0.05, 0.1) is 0 Å². The summed E-state index contributed by atoms with van der Waals surface area (Å²) >= 11 is 0. The molecule has 0 amide bonds. The summed E-state index contributed by atoms with van der Waals surface area (Å²) in [6.45, 7) is 4.77. The average Bonchev–Trinajstić information content (AvgIpc) is 2.35. The van der Waals surface area contributed by atoms with Gasteiger partial charge >= 0.3 is 65.1 Å². The van der Waals surface area contributed by atoms with Crippen LogP contribution in [0.25, 0.3) is 0 Å². The second-order valence-electron chi connectivity index (χ2n) is 5.20. The van der Waals surface area contributed by atoms with E-state index in [2.05, 4.69) is 12.2 Å². The molecule has 0 aliphatic heterocycles. The Morgan fingerprint density at radius 2 is 1.35 bits per heavy atom. The molecule has 0 aromatic carbocycles. The fourth-order valence-electron chi connectivity index (χ4n) is 2.02. The van der Waals surface area contributed by atoms with E-state index in [0.29, 0.717) is 0 Å². The van der Waals surface area contributed by atoms with Gasteiger partial charge < -0.3 is 13.3 Å². The normalized spacial score (nSPS) is 11.3. The molecule has 20 heavy (non-hydrogen) atoms. The predicted molar refractivity (Wildman–Crippen MR) is 79.2 cm³/mol. The van der Waals surface area contributed by atoms with Crippen molar-refractivity contribution in [1.29, 1.82) is 0 Å². The van der Waals surface area contributed by atoms with Gasteiger partial charge in [-0.25, -0.2) is 0 Å². The van der Waals surface area contributed by atoms with E-state index >= 15 is 0 Å². The van der Waals surface area contributed by atoms with Gasteiger partial charge in [-0.15, -0.1) is 0 Å². The maximum absolute atomic E-state index is 10.5. The van der Waals surface area contributed by atoms with E-state index in [0.717, 1.165) is 13.0 Å². The number of carbonyl (C=O) groups is 1. The maximum Gasteiger partial charge on any atom is 1.00 e. The second kappa shape index (κ2) is 20.4. The molecule has 3 nitrogen and oxygen atoms in total. The molecular formula is C15H33NNa2O2. The zero-order valence-corrected chi connectivity index (χ0v) is 18.2. The van der Waals surface area contributed by atoms with Crippen LogP contribution in [0.4, 0.5) is 0 Å². The summed E-state index contributed by atoms with van der Waals surface area (Å²) in [5.74, 6) is -0.762. The maximum atomic E-state index is 10.5. The summed E-state index contributed by atoms with van der Waals surface area (Å²) in [5, 5.41) is 11.7. The summed E-state index contributed by atoms with van der Waals surface area (Å²) in [6, 6.07) is -0.413. The summed E-state index contributed by atoms with van der Waals surface area (Å²) in [4.78, 5) is 10.5. The number of aliphatic carboxylic acids is 1. The summed E-state index contributed by atoms with van der Waals surface area (Å²) in [5.41, 5.74) is 0. The second-order valence-corrected chi connectivity index (χ2v) is 5.20. The molecule has 0 fully saturated rings. The van der Waals surface area contributed by atoms with Crippen LogP contribution in [0.15, 0.2) is 0 Å². The van der Waals surface area contributed by atoms with Crippen molar-refractivity contribution >= 4 is 5.97 Å². The van der Waals surface area contributed by atoms with Crippen LogP contribution in [0.5, 0.6) is 0 Å². The average molecular weight is 305 g/mol. The standard InChI is InChI=1S/C15H31NO2.2Na.2H/c1-3-4-5-6-7-8-9-10-11-12-13-16-14(2)15(17)18;;;;/h14,16H,3-13H2,1-2H3,(H,17,18);;;;/q;2*+1;2*-1/t14-;;;;/m0..../s1. The molecule has 2 N–H and O–H groups in total. The smallest absolute Gasteiger partial charge is 1.00 e. The molecule has 0 unspecified atom stereocenters. The summed E-state index contributed by atoms with van der Waals surface area (Å²) in [7, 11) is 0. The van der Waals surface area contributed by atoms with Gasteiger partial charge in [-0.05, 0) is 19.9 Å². The van der Waals surface area contributed by atoms with Crippen molar-refractivity contribution in [3.05, 3.63) is 0 Å². The van der Waals surface area contributed by atoms with Crippen LogP contribution in [-0.2, 0) is 4.79 Å². The first-order valence-electron chi connectivity index (χ1n) is 7.64. The molecule has 0 aromatic rings. The molecule has 5 heteroatoms. The fraction of sp³-hybridized carbons (Fsp3) is 0.933. The molecule has 0 radical (unpaired) electrons. The number of unbranched alkanes of at least 4 members (excludes halogenated alkanes) is 9. The molecule has 0 spiro atoms. The van der Waals surface area contributed by atoms with Gasteiger partial charge in [0, 0.05) is 0 Å². The van der Waals surface area contributed by atoms with Gasteiger partial charge in [-0.1, -0.05) is 64.7 Å². The van der Waals surface area contributed by atoms with Gasteiger partial charge in [0.1, 0.15) is 6.04 Å². The quantitative estimate of drug-likeness (QED) is 0.312. The third kappa shape index (κ3) is 19.4. The van der Waals surface area contributed by atoms with Crippen LogP contribution < -0.4 is 64.4 Å². The molecular weight excluding hydrogens is 272 g/mol. The monoisotopic (exact) mass is 305 g/mol. The molecule has 0 saturated heterocycles. The number of hydrogen-bond donors (Lipinski definition) is 2. The first-order valence-corrected chi connectivity index (χ1v) is 7.64. The van der Waals surface area contributed by atoms with Crippen LogP contribution in [-0.4, -0.2) is 23.7 Å². The van der Waals surface area contributed by atoms with E-state index in [9.17, 15) is 4.79 Å². The van der Waals surface area contributed by atoms with Gasteiger partial charge in [-0.2, -0.15) is 0 Å². The number of nitrogens with one attached hydrogen (secondary N) is 1.